The molecule has 2 aliphatic carbocycles. The van der Waals surface area contributed by atoms with Gasteiger partial charge in [-0.25, -0.2) is 0 Å². The van der Waals surface area contributed by atoms with E-state index in [1.165, 1.54) is 77.0 Å². The van der Waals surface area contributed by atoms with Gasteiger partial charge in [-0.2, -0.15) is 11.8 Å². The Labute approximate surface area is 181 Å². The molecule has 0 radical (unpaired) electrons. The highest BCUT2D eigenvalue weighted by Gasteiger charge is 2.42. The predicted octanol–water partition coefficient (Wildman–Crippen LogP) is 8.90. The molecule has 0 amide bonds. The maximum Gasteiger partial charge on any atom is 0.0113 e. The number of rotatable bonds is 9. The Morgan fingerprint density at radius 2 is 1.82 bits per heavy atom. The van der Waals surface area contributed by atoms with Crippen LogP contribution in [-0.4, -0.2) is 10.5 Å². The smallest absolute Gasteiger partial charge is 0.0113 e. The largest absolute Gasteiger partial charge is 0.154 e. The average Bonchev–Trinajstić information content (AvgIpc) is 3.20. The quantitative estimate of drug-likeness (QED) is 0.273. The van der Waals surface area contributed by atoms with Crippen molar-refractivity contribution in [3.63, 3.8) is 0 Å². The van der Waals surface area contributed by atoms with Crippen LogP contribution in [0.5, 0.6) is 0 Å². The summed E-state index contributed by atoms with van der Waals surface area (Å²) < 4.78 is 0. The SMILES string of the molecule is CCCCCC(CC)CC1CC(C)C(C)C(C2CCC(C3C=CCCC3)S2)C1. The number of thioether (sulfide) groups is 1. The second kappa shape index (κ2) is 11.5. The van der Waals surface area contributed by atoms with Gasteiger partial charge in [-0.15, -0.1) is 0 Å². The Balaban J connectivity index is 1.54. The summed E-state index contributed by atoms with van der Waals surface area (Å²) >= 11 is 2.42. The number of allylic oxidation sites excluding steroid dienone is 2. The first kappa shape index (κ1) is 22.8. The van der Waals surface area contributed by atoms with Crippen LogP contribution in [0.2, 0.25) is 0 Å². The predicted molar refractivity (Wildman–Crippen MR) is 128 cm³/mol. The van der Waals surface area contributed by atoms with Crippen LogP contribution in [0.4, 0.5) is 0 Å². The molecule has 0 aromatic carbocycles. The zero-order valence-corrected chi connectivity index (χ0v) is 20.2. The molecule has 0 aromatic rings. The van der Waals surface area contributed by atoms with Crippen molar-refractivity contribution in [1.82, 2.24) is 0 Å². The molecule has 1 aliphatic heterocycles. The summed E-state index contributed by atoms with van der Waals surface area (Å²) in [5.41, 5.74) is 0. The molecule has 162 valence electrons. The highest BCUT2D eigenvalue weighted by Crippen LogP contribution is 2.51. The van der Waals surface area contributed by atoms with Crippen LogP contribution in [0.3, 0.4) is 0 Å². The van der Waals surface area contributed by atoms with Crippen LogP contribution < -0.4 is 0 Å². The van der Waals surface area contributed by atoms with E-state index in [-0.39, 0.29) is 0 Å². The molecule has 0 spiro atoms. The van der Waals surface area contributed by atoms with Gasteiger partial charge in [0.25, 0.3) is 0 Å². The van der Waals surface area contributed by atoms with Gasteiger partial charge in [0.2, 0.25) is 0 Å². The molecule has 3 rings (SSSR count). The maximum absolute atomic E-state index is 2.60. The van der Waals surface area contributed by atoms with E-state index in [1.54, 1.807) is 6.42 Å². The maximum atomic E-state index is 2.60. The first-order valence-electron chi connectivity index (χ1n) is 12.9. The van der Waals surface area contributed by atoms with E-state index in [9.17, 15) is 0 Å². The van der Waals surface area contributed by atoms with E-state index >= 15 is 0 Å². The molecule has 0 bridgehead atoms. The van der Waals surface area contributed by atoms with Gasteiger partial charge in [-0.1, -0.05) is 72.0 Å². The summed E-state index contributed by atoms with van der Waals surface area (Å²) in [6.45, 7) is 9.95. The summed E-state index contributed by atoms with van der Waals surface area (Å²) in [5, 5.41) is 1.89. The summed E-state index contributed by atoms with van der Waals surface area (Å²) in [5.74, 6) is 5.76. The summed E-state index contributed by atoms with van der Waals surface area (Å²) in [4.78, 5) is 0. The van der Waals surface area contributed by atoms with Crippen molar-refractivity contribution >= 4 is 11.8 Å². The number of unbranched alkanes of at least 4 members (excludes halogenated alkanes) is 2. The third-order valence-corrected chi connectivity index (χ3v) is 10.5. The van der Waals surface area contributed by atoms with Crippen LogP contribution >= 0.6 is 11.8 Å². The van der Waals surface area contributed by atoms with Crippen molar-refractivity contribution in [2.75, 3.05) is 0 Å². The first-order chi connectivity index (χ1) is 13.6. The third-order valence-electron chi connectivity index (χ3n) is 8.68. The fourth-order valence-corrected chi connectivity index (χ4v) is 8.63. The summed E-state index contributed by atoms with van der Waals surface area (Å²) in [6.07, 6.45) is 24.0. The second-order valence-electron chi connectivity index (χ2n) is 10.7. The van der Waals surface area contributed by atoms with Crippen LogP contribution in [0, 0.1) is 35.5 Å². The van der Waals surface area contributed by atoms with Gasteiger partial charge in [0.15, 0.2) is 0 Å². The minimum Gasteiger partial charge on any atom is -0.154 e. The fourth-order valence-electron chi connectivity index (χ4n) is 6.65. The first-order valence-corrected chi connectivity index (χ1v) is 13.9. The standard InChI is InChI=1S/C27H48S/c1-5-7-9-12-22(6-2)18-23-17-20(3)21(4)25(19-23)27-16-15-26(28-27)24-13-10-8-11-14-24/h10,13,20-27H,5-9,11-12,14-19H2,1-4H3. The van der Waals surface area contributed by atoms with Gasteiger partial charge in [0.1, 0.15) is 0 Å². The topological polar surface area (TPSA) is 0 Å². The number of hydrogen-bond donors (Lipinski definition) is 0. The molecule has 0 aromatic heterocycles. The molecular weight excluding hydrogens is 356 g/mol. The van der Waals surface area contributed by atoms with E-state index in [2.05, 4.69) is 51.6 Å². The summed E-state index contributed by atoms with van der Waals surface area (Å²) in [7, 11) is 0. The highest BCUT2D eigenvalue weighted by atomic mass is 32.2. The van der Waals surface area contributed by atoms with Gasteiger partial charge in [-0.3, -0.25) is 0 Å². The number of hydrogen-bond acceptors (Lipinski definition) is 1. The van der Waals surface area contributed by atoms with E-state index in [4.69, 9.17) is 0 Å². The minimum atomic E-state index is 0.888. The minimum absolute atomic E-state index is 0.888. The third kappa shape index (κ3) is 6.05. The lowest BCUT2D eigenvalue weighted by molar-refractivity contribution is 0.108. The van der Waals surface area contributed by atoms with Gasteiger partial charge in [0.05, 0.1) is 0 Å². The molecule has 2 fully saturated rings. The molecule has 0 nitrogen and oxygen atoms in total. The van der Waals surface area contributed by atoms with Crippen molar-refractivity contribution in [3.05, 3.63) is 12.2 Å². The Hall–Kier alpha value is 0.0900. The van der Waals surface area contributed by atoms with Gasteiger partial charge in [0, 0.05) is 10.5 Å². The lowest BCUT2D eigenvalue weighted by atomic mass is 9.65. The van der Waals surface area contributed by atoms with Gasteiger partial charge < -0.3 is 0 Å². The Kier molecular flexibility index (Phi) is 9.33. The molecule has 1 saturated carbocycles. The van der Waals surface area contributed by atoms with Crippen molar-refractivity contribution in [1.29, 1.82) is 0 Å². The summed E-state index contributed by atoms with van der Waals surface area (Å²) in [6, 6.07) is 0. The van der Waals surface area contributed by atoms with Crippen molar-refractivity contribution < 1.29 is 0 Å². The van der Waals surface area contributed by atoms with Crippen molar-refractivity contribution in [3.8, 4) is 0 Å². The van der Waals surface area contributed by atoms with Crippen LogP contribution in [-0.2, 0) is 0 Å². The molecule has 28 heavy (non-hydrogen) atoms. The molecule has 8 unspecified atom stereocenters. The molecule has 1 heterocycles. The van der Waals surface area contributed by atoms with Crippen LogP contribution in [0.15, 0.2) is 12.2 Å². The fraction of sp³-hybridized carbons (Fsp3) is 0.926. The molecule has 8 atom stereocenters. The average molecular weight is 405 g/mol. The van der Waals surface area contributed by atoms with Crippen molar-refractivity contribution in [2.24, 2.45) is 35.5 Å². The molecular formula is C27H48S. The normalized spacial score (nSPS) is 39.9. The van der Waals surface area contributed by atoms with E-state index in [0.717, 1.165) is 46.0 Å². The van der Waals surface area contributed by atoms with Crippen molar-refractivity contribution in [2.45, 2.75) is 122 Å². The molecule has 1 saturated heterocycles. The molecule has 1 heteroatoms. The molecule has 3 aliphatic rings. The van der Waals surface area contributed by atoms with E-state index in [1.807, 2.05) is 0 Å². The zero-order valence-electron chi connectivity index (χ0n) is 19.4. The monoisotopic (exact) mass is 404 g/mol. The van der Waals surface area contributed by atoms with Crippen LogP contribution in [0.1, 0.15) is 111 Å². The van der Waals surface area contributed by atoms with E-state index in [0.29, 0.717) is 0 Å². The van der Waals surface area contributed by atoms with Gasteiger partial charge in [-0.05, 0) is 86.9 Å². The zero-order chi connectivity index (χ0) is 19.9. The highest BCUT2D eigenvalue weighted by molar-refractivity contribution is 8.00. The Morgan fingerprint density at radius 3 is 2.54 bits per heavy atom. The lowest BCUT2D eigenvalue weighted by Crippen LogP contribution is -2.35. The second-order valence-corrected chi connectivity index (χ2v) is 12.1. The molecule has 0 N–H and O–H groups in total. The van der Waals surface area contributed by atoms with Crippen LogP contribution in [0.25, 0.3) is 0 Å². The van der Waals surface area contributed by atoms with E-state index < -0.39 is 0 Å². The van der Waals surface area contributed by atoms with Gasteiger partial charge >= 0.3 is 0 Å². The lowest BCUT2D eigenvalue weighted by Gasteiger charge is -2.43. The Bertz CT molecular complexity index is 469. The Morgan fingerprint density at radius 1 is 1.00 bits per heavy atom.